The van der Waals surface area contributed by atoms with Crippen LogP contribution < -0.4 is 11.1 Å². The highest BCUT2D eigenvalue weighted by Gasteiger charge is 2.40. The van der Waals surface area contributed by atoms with Crippen LogP contribution in [0.15, 0.2) is 0 Å². The minimum absolute atomic E-state index is 0.0527. The molecule has 0 fully saturated rings. The molecular formula is C24H47N3O5. The lowest BCUT2D eigenvalue weighted by Gasteiger charge is -2.36. The van der Waals surface area contributed by atoms with Crippen LogP contribution in [0.5, 0.6) is 0 Å². The number of nitrogens with zero attached hydrogens (tertiary/aromatic N) is 1. The van der Waals surface area contributed by atoms with Gasteiger partial charge in [0.15, 0.2) is 0 Å². The zero-order valence-electron chi connectivity index (χ0n) is 21.6. The number of hydrogen-bond donors (Lipinski definition) is 3. The van der Waals surface area contributed by atoms with Crippen LogP contribution in [0.3, 0.4) is 0 Å². The molecule has 4 N–H and O–H groups in total. The topological polar surface area (TPSA) is 122 Å². The molecule has 0 saturated carbocycles. The number of aliphatic hydroxyl groups is 1. The number of aliphatic hydroxyl groups excluding tert-OH is 1. The summed E-state index contributed by atoms with van der Waals surface area (Å²) >= 11 is 0. The van der Waals surface area contributed by atoms with Crippen LogP contribution in [-0.4, -0.2) is 58.2 Å². The second kappa shape index (κ2) is 13.8. The number of ether oxygens (including phenoxy) is 1. The average molecular weight is 458 g/mol. The molecule has 0 rings (SSSR count). The van der Waals surface area contributed by atoms with E-state index in [1.165, 1.54) is 0 Å². The van der Waals surface area contributed by atoms with Crippen molar-refractivity contribution < 1.29 is 24.2 Å². The van der Waals surface area contributed by atoms with Gasteiger partial charge in [-0.1, -0.05) is 48.0 Å². The minimum Gasteiger partial charge on any atom is -0.443 e. The lowest BCUT2D eigenvalue weighted by molar-refractivity contribution is -0.139. The van der Waals surface area contributed by atoms with Gasteiger partial charge in [-0.25, -0.2) is 9.69 Å². The number of hydrogen-bond acceptors (Lipinski definition) is 6. The van der Waals surface area contributed by atoms with Gasteiger partial charge in [0.1, 0.15) is 5.60 Å². The number of nitrogens with one attached hydrogen (secondary N) is 1. The predicted octanol–water partition coefficient (Wildman–Crippen LogP) is 3.45. The molecule has 0 spiro atoms. The Labute approximate surface area is 194 Å². The second-order valence-corrected chi connectivity index (χ2v) is 10.7. The van der Waals surface area contributed by atoms with Crippen LogP contribution in [0.1, 0.15) is 88.0 Å². The number of rotatable bonds is 12. The van der Waals surface area contributed by atoms with E-state index in [0.717, 1.165) is 11.3 Å². The van der Waals surface area contributed by atoms with E-state index in [0.29, 0.717) is 25.3 Å². The molecule has 8 nitrogen and oxygen atoms in total. The third kappa shape index (κ3) is 11.8. The smallest absolute Gasteiger partial charge is 0.417 e. The van der Waals surface area contributed by atoms with Gasteiger partial charge in [0.05, 0.1) is 24.6 Å². The summed E-state index contributed by atoms with van der Waals surface area (Å²) in [6, 6.07) is -1.84. The number of carbonyl (C=O) groups excluding carboxylic acids is 3. The monoisotopic (exact) mass is 457 g/mol. The summed E-state index contributed by atoms with van der Waals surface area (Å²) in [5.41, 5.74) is 5.29. The van der Waals surface area contributed by atoms with E-state index < -0.39 is 35.8 Å². The molecule has 4 atom stereocenters. The van der Waals surface area contributed by atoms with Gasteiger partial charge in [-0.15, -0.1) is 0 Å². The molecule has 0 aliphatic heterocycles. The summed E-state index contributed by atoms with van der Waals surface area (Å²) in [7, 11) is 0. The van der Waals surface area contributed by atoms with Gasteiger partial charge >= 0.3 is 6.09 Å². The van der Waals surface area contributed by atoms with Crippen molar-refractivity contribution >= 4 is 17.9 Å². The molecule has 8 heteroatoms. The van der Waals surface area contributed by atoms with Gasteiger partial charge in [0, 0.05) is 6.54 Å². The van der Waals surface area contributed by atoms with Crippen LogP contribution in [0.2, 0.25) is 0 Å². The Morgan fingerprint density at radius 1 is 1.03 bits per heavy atom. The number of amides is 3. The fraction of sp³-hybridized carbons (Fsp3) is 0.875. The first-order valence-electron chi connectivity index (χ1n) is 11.8. The Morgan fingerprint density at radius 2 is 1.56 bits per heavy atom. The highest BCUT2D eigenvalue weighted by atomic mass is 16.6. The summed E-state index contributed by atoms with van der Waals surface area (Å²) in [6.45, 7) is 17.4. The van der Waals surface area contributed by atoms with Crippen molar-refractivity contribution in [1.29, 1.82) is 0 Å². The molecule has 0 aromatic rings. The number of nitrogens with two attached hydrogens (primary N) is 1. The van der Waals surface area contributed by atoms with Gasteiger partial charge in [-0.3, -0.25) is 9.59 Å². The predicted molar refractivity (Wildman–Crippen MR) is 127 cm³/mol. The largest absolute Gasteiger partial charge is 0.443 e. The van der Waals surface area contributed by atoms with Crippen molar-refractivity contribution in [2.75, 3.05) is 6.54 Å². The molecule has 1 unspecified atom stereocenters. The van der Waals surface area contributed by atoms with E-state index in [1.54, 1.807) is 20.8 Å². The Hall–Kier alpha value is -1.67. The van der Waals surface area contributed by atoms with E-state index in [9.17, 15) is 19.5 Å². The normalized spacial score (nSPS) is 15.8. The van der Waals surface area contributed by atoms with Crippen molar-refractivity contribution in [1.82, 2.24) is 10.2 Å². The standard InChI is InChI=1S/C24H47N3O5/c1-10-17(6)14-26-21(29)13-20(28)19(12-16(4)5)27(23(31)32-24(7,8)9)22(30)18(25)11-15(2)3/h15-20,28H,10-14,25H2,1-9H3,(H,26,29)/t17?,18-,19-,20-/m0/s1. The van der Waals surface area contributed by atoms with Crippen molar-refractivity contribution in [3.8, 4) is 0 Å². The highest BCUT2D eigenvalue weighted by Crippen LogP contribution is 2.23. The van der Waals surface area contributed by atoms with Crippen molar-refractivity contribution in [3.63, 3.8) is 0 Å². The quantitative estimate of drug-likeness (QED) is 0.413. The molecular weight excluding hydrogens is 410 g/mol. The van der Waals surface area contributed by atoms with Crippen molar-refractivity contribution in [2.45, 2.75) is 112 Å². The third-order valence-corrected chi connectivity index (χ3v) is 5.10. The summed E-state index contributed by atoms with van der Waals surface area (Å²) in [4.78, 5) is 39.7. The zero-order valence-corrected chi connectivity index (χ0v) is 21.6. The lowest BCUT2D eigenvalue weighted by atomic mass is 9.94. The zero-order chi connectivity index (χ0) is 25.2. The lowest BCUT2D eigenvalue weighted by Crippen LogP contribution is -2.57. The summed E-state index contributed by atoms with van der Waals surface area (Å²) < 4.78 is 5.49. The Bertz CT molecular complexity index is 601. The fourth-order valence-corrected chi connectivity index (χ4v) is 3.24. The fourth-order valence-electron chi connectivity index (χ4n) is 3.24. The van der Waals surface area contributed by atoms with Crippen LogP contribution in [0.25, 0.3) is 0 Å². The summed E-state index contributed by atoms with van der Waals surface area (Å²) in [5, 5.41) is 13.8. The molecule has 0 aromatic carbocycles. The SMILES string of the molecule is CCC(C)CNC(=O)C[C@H](O)[C@H](CC(C)C)N(C(=O)OC(C)(C)C)C(=O)[C@@H](N)CC(C)C. The molecule has 0 aromatic heterocycles. The summed E-state index contributed by atoms with van der Waals surface area (Å²) in [5.74, 6) is -0.408. The molecule has 0 aliphatic carbocycles. The van der Waals surface area contributed by atoms with Gasteiger partial charge in [0.25, 0.3) is 0 Å². The molecule has 32 heavy (non-hydrogen) atoms. The third-order valence-electron chi connectivity index (χ3n) is 5.10. The van der Waals surface area contributed by atoms with Crippen LogP contribution in [0.4, 0.5) is 4.79 Å². The van der Waals surface area contributed by atoms with E-state index in [4.69, 9.17) is 10.5 Å². The van der Waals surface area contributed by atoms with Gasteiger partial charge in [-0.05, 0) is 51.4 Å². The highest BCUT2D eigenvalue weighted by molar-refractivity contribution is 5.95. The number of imide groups is 1. The van der Waals surface area contributed by atoms with Gasteiger partial charge < -0.3 is 20.9 Å². The molecule has 3 amide bonds. The first kappa shape index (κ1) is 30.3. The maximum Gasteiger partial charge on any atom is 0.417 e. The first-order valence-corrected chi connectivity index (χ1v) is 11.8. The second-order valence-electron chi connectivity index (χ2n) is 10.7. The van der Waals surface area contributed by atoms with Crippen LogP contribution >= 0.6 is 0 Å². The Kier molecular flexibility index (Phi) is 13.1. The van der Waals surface area contributed by atoms with Crippen molar-refractivity contribution in [3.05, 3.63) is 0 Å². The van der Waals surface area contributed by atoms with Crippen molar-refractivity contribution in [2.24, 2.45) is 23.5 Å². The summed E-state index contributed by atoms with van der Waals surface area (Å²) in [6.07, 6.45) is -0.687. The van der Waals surface area contributed by atoms with E-state index in [1.807, 2.05) is 41.5 Å². The van der Waals surface area contributed by atoms with E-state index in [2.05, 4.69) is 5.32 Å². The van der Waals surface area contributed by atoms with Gasteiger partial charge in [-0.2, -0.15) is 0 Å². The van der Waals surface area contributed by atoms with E-state index in [-0.39, 0.29) is 24.2 Å². The van der Waals surface area contributed by atoms with Crippen LogP contribution in [-0.2, 0) is 14.3 Å². The van der Waals surface area contributed by atoms with E-state index >= 15 is 0 Å². The van der Waals surface area contributed by atoms with Gasteiger partial charge in [0.2, 0.25) is 11.8 Å². The number of carbonyl (C=O) groups is 3. The molecule has 0 bridgehead atoms. The molecule has 188 valence electrons. The molecule has 0 heterocycles. The molecule has 0 aliphatic rings. The molecule has 0 radical (unpaired) electrons. The minimum atomic E-state index is -1.24. The maximum absolute atomic E-state index is 13.3. The Morgan fingerprint density at radius 3 is 2.00 bits per heavy atom. The van der Waals surface area contributed by atoms with Crippen LogP contribution in [0, 0.1) is 17.8 Å². The Balaban J connectivity index is 5.86. The first-order chi connectivity index (χ1) is 14.6. The molecule has 0 saturated heterocycles. The maximum atomic E-state index is 13.3. The average Bonchev–Trinajstić information content (AvgIpc) is 2.62.